The number of carbonyl (C=O) groups excluding carboxylic acids is 2. The smallest absolute Gasteiger partial charge is 0.316 e. The van der Waals surface area contributed by atoms with Crippen molar-refractivity contribution in [2.75, 3.05) is 17.7 Å². The Morgan fingerprint density at radius 3 is 2.59 bits per heavy atom. The second kappa shape index (κ2) is 7.31. The van der Waals surface area contributed by atoms with Gasteiger partial charge in [-0.25, -0.2) is 8.78 Å². The van der Waals surface area contributed by atoms with E-state index in [4.69, 9.17) is 4.74 Å². The number of fused-ring (bicyclic) bond motifs is 1. The Morgan fingerprint density at radius 1 is 1.14 bits per heavy atom. The molecule has 2 aliphatic rings. The van der Waals surface area contributed by atoms with Crippen LogP contribution in [0.5, 0.6) is 0 Å². The zero-order valence-corrected chi connectivity index (χ0v) is 16.0. The van der Waals surface area contributed by atoms with E-state index in [0.29, 0.717) is 17.8 Å². The van der Waals surface area contributed by atoms with E-state index in [1.54, 1.807) is 19.1 Å². The largest absolute Gasteiger partial charge is 0.468 e. The van der Waals surface area contributed by atoms with E-state index in [-0.39, 0.29) is 17.1 Å². The molecule has 1 heterocycles. The molecular formula is C22H20F2N2O3. The minimum Gasteiger partial charge on any atom is -0.468 e. The van der Waals surface area contributed by atoms with Crippen molar-refractivity contribution in [3.8, 4) is 0 Å². The highest BCUT2D eigenvalue weighted by Crippen LogP contribution is 2.44. The van der Waals surface area contributed by atoms with Gasteiger partial charge in [0.05, 0.1) is 24.5 Å². The molecule has 1 aliphatic carbocycles. The highest BCUT2D eigenvalue weighted by Gasteiger charge is 2.44. The molecular weight excluding hydrogens is 378 g/mol. The molecule has 3 atom stereocenters. The number of Topliss-reactive ketones (excluding diaryl/α,β-unsaturated/α-hetero) is 1. The fraction of sp³-hybridized carbons (Fsp3) is 0.273. The van der Waals surface area contributed by atoms with Gasteiger partial charge in [-0.2, -0.15) is 0 Å². The van der Waals surface area contributed by atoms with Gasteiger partial charge >= 0.3 is 5.97 Å². The van der Waals surface area contributed by atoms with E-state index in [2.05, 4.69) is 10.6 Å². The standard InChI is InChI=1S/C22H20F2N2O3/c1-11-9-17-19(21(27)18(11)22(28)29-2)20(13-10-12(23)7-8-14(13)24)26-16-6-4-3-5-15(16)25-17/h3-8,10-11,18,20,25-26H,9H2,1-2H3/t11-,18-,20+/m1/s1. The average Bonchev–Trinajstić information content (AvgIpc) is 2.86. The van der Waals surface area contributed by atoms with Gasteiger partial charge in [0.15, 0.2) is 5.78 Å². The Labute approximate surface area is 166 Å². The first-order valence-corrected chi connectivity index (χ1v) is 9.33. The Hall–Kier alpha value is -3.22. The Morgan fingerprint density at radius 2 is 1.86 bits per heavy atom. The van der Waals surface area contributed by atoms with Crippen molar-refractivity contribution < 1.29 is 23.1 Å². The van der Waals surface area contributed by atoms with E-state index >= 15 is 0 Å². The van der Waals surface area contributed by atoms with E-state index in [1.807, 2.05) is 12.1 Å². The Bertz CT molecular complexity index is 1030. The van der Waals surface area contributed by atoms with Crippen molar-refractivity contribution >= 4 is 23.1 Å². The summed E-state index contributed by atoms with van der Waals surface area (Å²) < 4.78 is 33.5. The van der Waals surface area contributed by atoms with Gasteiger partial charge in [0, 0.05) is 16.8 Å². The number of halogens is 2. The van der Waals surface area contributed by atoms with Gasteiger partial charge in [-0.05, 0) is 42.7 Å². The summed E-state index contributed by atoms with van der Waals surface area (Å²) in [6, 6.07) is 9.44. The molecule has 0 fully saturated rings. The maximum atomic E-state index is 14.7. The Balaban J connectivity index is 1.91. The molecule has 0 aromatic heterocycles. The number of allylic oxidation sites excluding steroid dienone is 1. The lowest BCUT2D eigenvalue weighted by atomic mass is 9.74. The van der Waals surface area contributed by atoms with Gasteiger partial charge in [0.2, 0.25) is 0 Å². The molecule has 2 aromatic rings. The molecule has 2 N–H and O–H groups in total. The van der Waals surface area contributed by atoms with Gasteiger partial charge in [0.25, 0.3) is 0 Å². The summed E-state index contributed by atoms with van der Waals surface area (Å²) in [6.07, 6.45) is 0.393. The fourth-order valence-electron chi connectivity index (χ4n) is 4.10. The highest BCUT2D eigenvalue weighted by molar-refractivity contribution is 6.11. The molecule has 5 nitrogen and oxygen atoms in total. The van der Waals surface area contributed by atoms with Crippen LogP contribution in [-0.2, 0) is 14.3 Å². The SMILES string of the molecule is COC(=O)[C@H]1C(=O)C2=C(C[C@H]1C)Nc1ccccc1N[C@H]2c1cc(F)ccc1F. The third-order valence-corrected chi connectivity index (χ3v) is 5.49. The predicted octanol–water partition coefficient (Wildman–Crippen LogP) is 4.20. The normalized spacial score (nSPS) is 23.3. The molecule has 29 heavy (non-hydrogen) atoms. The number of nitrogens with one attached hydrogen (secondary N) is 2. The molecule has 2 aromatic carbocycles. The van der Waals surface area contributed by atoms with Crippen molar-refractivity contribution in [3.63, 3.8) is 0 Å². The summed E-state index contributed by atoms with van der Waals surface area (Å²) in [5.74, 6) is -3.64. The molecule has 7 heteroatoms. The lowest BCUT2D eigenvalue weighted by Crippen LogP contribution is -2.39. The molecule has 0 saturated heterocycles. The van der Waals surface area contributed by atoms with Gasteiger partial charge in [-0.15, -0.1) is 0 Å². The first-order chi connectivity index (χ1) is 13.9. The molecule has 0 saturated carbocycles. The van der Waals surface area contributed by atoms with E-state index in [1.165, 1.54) is 7.11 Å². The maximum absolute atomic E-state index is 14.7. The van der Waals surface area contributed by atoms with Gasteiger partial charge in [-0.1, -0.05) is 19.1 Å². The summed E-state index contributed by atoms with van der Waals surface area (Å²) in [5, 5.41) is 6.43. The summed E-state index contributed by atoms with van der Waals surface area (Å²) in [6.45, 7) is 1.80. The minimum atomic E-state index is -0.998. The summed E-state index contributed by atoms with van der Waals surface area (Å²) in [7, 11) is 1.23. The number of ketones is 1. The van der Waals surface area contributed by atoms with Gasteiger partial charge < -0.3 is 15.4 Å². The third-order valence-electron chi connectivity index (χ3n) is 5.49. The number of ether oxygens (including phenoxy) is 1. The molecule has 0 radical (unpaired) electrons. The van der Waals surface area contributed by atoms with Crippen molar-refractivity contribution in [2.45, 2.75) is 19.4 Å². The number of carbonyl (C=O) groups is 2. The van der Waals surface area contributed by atoms with Crippen LogP contribution in [0.25, 0.3) is 0 Å². The van der Waals surface area contributed by atoms with Gasteiger partial charge in [0.1, 0.15) is 17.6 Å². The monoisotopic (exact) mass is 398 g/mol. The topological polar surface area (TPSA) is 67.4 Å². The van der Waals surface area contributed by atoms with Crippen LogP contribution in [0.15, 0.2) is 53.7 Å². The zero-order chi connectivity index (χ0) is 20.7. The van der Waals surface area contributed by atoms with Crippen LogP contribution < -0.4 is 10.6 Å². The zero-order valence-electron chi connectivity index (χ0n) is 16.0. The number of hydrogen-bond donors (Lipinski definition) is 2. The van der Waals surface area contributed by atoms with Crippen LogP contribution in [0.4, 0.5) is 20.2 Å². The molecule has 1 aliphatic heterocycles. The van der Waals surface area contributed by atoms with Crippen LogP contribution in [0, 0.1) is 23.5 Å². The minimum absolute atomic E-state index is 0.00234. The number of benzene rings is 2. The number of hydrogen-bond acceptors (Lipinski definition) is 5. The van der Waals surface area contributed by atoms with E-state index < -0.39 is 35.3 Å². The lowest BCUT2D eigenvalue weighted by Gasteiger charge is -2.32. The van der Waals surface area contributed by atoms with Crippen LogP contribution in [0.2, 0.25) is 0 Å². The van der Waals surface area contributed by atoms with Crippen molar-refractivity contribution in [3.05, 3.63) is 70.9 Å². The molecule has 150 valence electrons. The Kier molecular flexibility index (Phi) is 4.82. The van der Waals surface area contributed by atoms with Crippen LogP contribution in [0.3, 0.4) is 0 Å². The number of esters is 1. The van der Waals surface area contributed by atoms with Crippen molar-refractivity contribution in [1.29, 1.82) is 0 Å². The lowest BCUT2D eigenvalue weighted by molar-refractivity contribution is -0.151. The van der Waals surface area contributed by atoms with Gasteiger partial charge in [-0.3, -0.25) is 9.59 Å². The van der Waals surface area contributed by atoms with E-state index in [0.717, 1.165) is 23.9 Å². The number of rotatable bonds is 2. The second-order valence-electron chi connectivity index (χ2n) is 7.35. The van der Waals surface area contributed by atoms with Crippen LogP contribution in [0.1, 0.15) is 24.9 Å². The van der Waals surface area contributed by atoms with E-state index in [9.17, 15) is 18.4 Å². The predicted molar refractivity (Wildman–Crippen MR) is 104 cm³/mol. The quantitative estimate of drug-likeness (QED) is 0.586. The maximum Gasteiger partial charge on any atom is 0.316 e. The average molecular weight is 398 g/mol. The summed E-state index contributed by atoms with van der Waals surface area (Å²) in [4.78, 5) is 25.7. The number of anilines is 2. The molecule has 0 spiro atoms. The second-order valence-corrected chi connectivity index (χ2v) is 7.35. The number of para-hydroxylation sites is 2. The van der Waals surface area contributed by atoms with Crippen molar-refractivity contribution in [1.82, 2.24) is 0 Å². The summed E-state index contributed by atoms with van der Waals surface area (Å²) in [5.41, 5.74) is 2.18. The molecule has 0 amide bonds. The third kappa shape index (κ3) is 3.26. The molecule has 0 unspecified atom stereocenters. The number of methoxy groups -OCH3 is 1. The van der Waals surface area contributed by atoms with Crippen molar-refractivity contribution in [2.24, 2.45) is 11.8 Å². The molecule has 4 rings (SSSR count). The summed E-state index contributed by atoms with van der Waals surface area (Å²) >= 11 is 0. The first kappa shape index (κ1) is 19.1. The van der Waals surface area contributed by atoms with Crippen LogP contribution in [-0.4, -0.2) is 18.9 Å². The highest BCUT2D eigenvalue weighted by atomic mass is 19.1. The first-order valence-electron chi connectivity index (χ1n) is 9.33. The van der Waals surface area contributed by atoms with Crippen LogP contribution >= 0.6 is 0 Å². The molecule has 0 bridgehead atoms. The fourth-order valence-corrected chi connectivity index (χ4v) is 4.10.